The van der Waals surface area contributed by atoms with Gasteiger partial charge in [0.1, 0.15) is 54.9 Å². The first-order valence-electron chi connectivity index (χ1n) is 23.1. The third-order valence-electron chi connectivity index (χ3n) is 10.9. The minimum absolute atomic E-state index is 0.0560. The third-order valence-corrected chi connectivity index (χ3v) is 10.9. The fraction of sp³-hybridized carbons (Fsp3) is 0.848. The first-order chi connectivity index (χ1) is 29.1. The molecule has 11 atom stereocenters. The lowest BCUT2D eigenvalue weighted by atomic mass is 9.98. The fourth-order valence-corrected chi connectivity index (χ4v) is 7.05. The van der Waals surface area contributed by atoms with Crippen molar-refractivity contribution in [2.24, 2.45) is 0 Å². The zero-order valence-corrected chi connectivity index (χ0v) is 36.7. The van der Waals surface area contributed by atoms with Crippen molar-refractivity contribution in [2.45, 2.75) is 216 Å². The van der Waals surface area contributed by atoms with E-state index in [1.807, 2.05) is 0 Å². The van der Waals surface area contributed by atoms with E-state index in [0.717, 1.165) is 70.6 Å². The monoisotopic (exact) mass is 859 g/mol. The molecule has 2 saturated heterocycles. The van der Waals surface area contributed by atoms with E-state index in [1.54, 1.807) is 0 Å². The van der Waals surface area contributed by atoms with Gasteiger partial charge in [0, 0.05) is 13.0 Å². The van der Waals surface area contributed by atoms with Gasteiger partial charge in [-0.3, -0.25) is 4.79 Å². The predicted molar refractivity (Wildman–Crippen MR) is 229 cm³/mol. The Balaban J connectivity index is 1.76. The van der Waals surface area contributed by atoms with Crippen LogP contribution in [-0.4, -0.2) is 142 Å². The van der Waals surface area contributed by atoms with Gasteiger partial charge in [0.2, 0.25) is 0 Å². The second-order valence-electron chi connectivity index (χ2n) is 16.2. The number of allylic oxidation sites excluding steroid dienone is 6. The largest absolute Gasteiger partial charge is 0.457 e. The van der Waals surface area contributed by atoms with E-state index < -0.39 is 86.7 Å². The molecular formula is C46H82O14. The summed E-state index contributed by atoms with van der Waals surface area (Å²) in [6.45, 7) is 3.58. The van der Waals surface area contributed by atoms with E-state index in [0.29, 0.717) is 13.0 Å². The number of ether oxygens (including phenoxy) is 6. The normalized spacial score (nSPS) is 28.0. The van der Waals surface area contributed by atoms with Crippen LogP contribution in [0.2, 0.25) is 0 Å². The van der Waals surface area contributed by atoms with Gasteiger partial charge in [-0.05, 0) is 51.4 Å². The molecule has 350 valence electrons. The van der Waals surface area contributed by atoms with E-state index in [-0.39, 0.29) is 19.6 Å². The lowest BCUT2D eigenvalue weighted by molar-refractivity contribution is -0.332. The molecular weight excluding hydrogens is 776 g/mol. The quantitative estimate of drug-likeness (QED) is 0.0240. The van der Waals surface area contributed by atoms with Gasteiger partial charge in [-0.25, -0.2) is 0 Å². The Morgan fingerprint density at radius 3 is 1.65 bits per heavy atom. The first kappa shape index (κ1) is 54.3. The van der Waals surface area contributed by atoms with Gasteiger partial charge >= 0.3 is 5.97 Å². The molecule has 2 heterocycles. The second-order valence-corrected chi connectivity index (χ2v) is 16.2. The molecule has 2 aliphatic heterocycles. The molecule has 14 heteroatoms. The van der Waals surface area contributed by atoms with Crippen molar-refractivity contribution < 1.29 is 69.0 Å². The maximum Gasteiger partial charge on any atom is 0.306 e. The molecule has 0 aliphatic carbocycles. The van der Waals surface area contributed by atoms with Crippen molar-refractivity contribution in [2.75, 3.05) is 33.0 Å². The summed E-state index contributed by atoms with van der Waals surface area (Å²) in [5.41, 5.74) is 0. The minimum Gasteiger partial charge on any atom is -0.457 e. The van der Waals surface area contributed by atoms with Gasteiger partial charge in [-0.15, -0.1) is 0 Å². The molecule has 0 spiro atoms. The standard InChI is InChI=1S/C46H82O14/c1-3-5-7-9-11-12-13-14-15-16-17-18-19-20-21-22-23-25-27-29-38(48)58-35(32-55-30-28-26-24-10-8-6-4-2)33-56-45-44(54)42(52)40(50)37(60-45)34-57-46-43(53)41(51)39(49)36(31-47)59-46/h11-12,14-15,17-18,35-37,39-47,49-54H,3-10,13,16,19-34H2,1-2H3/b12-11-,15-14-,18-17-. The Labute approximate surface area is 359 Å². The van der Waals surface area contributed by atoms with E-state index in [1.165, 1.54) is 51.4 Å². The molecule has 14 nitrogen and oxygen atoms in total. The first-order valence-corrected chi connectivity index (χ1v) is 23.1. The third kappa shape index (κ3) is 23.1. The lowest BCUT2D eigenvalue weighted by Crippen LogP contribution is -2.61. The Morgan fingerprint density at radius 1 is 0.550 bits per heavy atom. The van der Waals surface area contributed by atoms with E-state index in [9.17, 15) is 40.5 Å². The van der Waals surface area contributed by atoms with Crippen LogP contribution >= 0.6 is 0 Å². The highest BCUT2D eigenvalue weighted by Crippen LogP contribution is 2.26. The van der Waals surface area contributed by atoms with Crippen LogP contribution < -0.4 is 0 Å². The van der Waals surface area contributed by atoms with Crippen molar-refractivity contribution in [3.63, 3.8) is 0 Å². The molecule has 0 aromatic rings. The number of unbranched alkanes of at least 4 members (excludes halogenated alkanes) is 15. The van der Waals surface area contributed by atoms with Gasteiger partial charge in [-0.1, -0.05) is 127 Å². The number of hydrogen-bond donors (Lipinski definition) is 7. The summed E-state index contributed by atoms with van der Waals surface area (Å²) in [6, 6.07) is 0. The predicted octanol–water partition coefficient (Wildman–Crippen LogP) is 5.46. The number of rotatable bonds is 35. The molecule has 0 amide bonds. The fourth-order valence-electron chi connectivity index (χ4n) is 7.05. The highest BCUT2D eigenvalue weighted by molar-refractivity contribution is 5.69. The summed E-state index contributed by atoms with van der Waals surface area (Å²) in [5, 5.41) is 71.8. The topological polar surface area (TPSA) is 214 Å². The summed E-state index contributed by atoms with van der Waals surface area (Å²) in [4.78, 5) is 12.9. The van der Waals surface area contributed by atoms with Crippen molar-refractivity contribution >= 4 is 5.97 Å². The Hall–Kier alpha value is -1.79. The van der Waals surface area contributed by atoms with Gasteiger partial charge in [0.25, 0.3) is 0 Å². The van der Waals surface area contributed by atoms with E-state index in [2.05, 4.69) is 50.3 Å². The summed E-state index contributed by atoms with van der Waals surface area (Å²) < 4.78 is 34.0. The van der Waals surface area contributed by atoms with Crippen molar-refractivity contribution in [1.29, 1.82) is 0 Å². The van der Waals surface area contributed by atoms with Crippen LogP contribution in [0, 0.1) is 0 Å². The highest BCUT2D eigenvalue weighted by Gasteiger charge is 2.47. The molecule has 11 unspecified atom stereocenters. The number of carbonyl (C=O) groups is 1. The summed E-state index contributed by atoms with van der Waals surface area (Å²) in [5.74, 6) is -0.392. The Kier molecular flexibility index (Phi) is 31.4. The number of hydrogen-bond acceptors (Lipinski definition) is 14. The number of aliphatic hydroxyl groups excluding tert-OH is 7. The maximum atomic E-state index is 12.9. The minimum atomic E-state index is -1.71. The molecule has 7 N–H and O–H groups in total. The molecule has 2 fully saturated rings. The number of carbonyl (C=O) groups excluding carboxylic acids is 1. The molecule has 0 bridgehead atoms. The van der Waals surface area contributed by atoms with Crippen LogP contribution in [0.4, 0.5) is 0 Å². The summed E-state index contributed by atoms with van der Waals surface area (Å²) >= 11 is 0. The SMILES string of the molecule is CCCCC/C=C\C/C=C\C/C=C\CCCCCCCCC(=O)OC(COCCCCCCCCC)COC1OC(COC2OC(CO)C(O)C(O)C2O)C(O)C(O)C1O. The smallest absolute Gasteiger partial charge is 0.306 e. The molecule has 0 radical (unpaired) electrons. The molecule has 60 heavy (non-hydrogen) atoms. The van der Waals surface area contributed by atoms with Crippen LogP contribution in [0.25, 0.3) is 0 Å². The summed E-state index contributed by atoms with van der Waals surface area (Å²) in [6.07, 6.45) is 19.4. The zero-order chi connectivity index (χ0) is 43.8. The highest BCUT2D eigenvalue weighted by atomic mass is 16.7. The van der Waals surface area contributed by atoms with Crippen LogP contribution in [0.5, 0.6) is 0 Å². The average molecular weight is 859 g/mol. The number of esters is 1. The lowest BCUT2D eigenvalue weighted by Gasteiger charge is -2.42. The van der Waals surface area contributed by atoms with Gasteiger partial charge in [0.05, 0.1) is 26.4 Å². The van der Waals surface area contributed by atoms with Crippen molar-refractivity contribution in [3.05, 3.63) is 36.5 Å². The Bertz CT molecular complexity index is 1130. The van der Waals surface area contributed by atoms with Crippen molar-refractivity contribution in [1.82, 2.24) is 0 Å². The van der Waals surface area contributed by atoms with Gasteiger partial charge in [0.15, 0.2) is 12.6 Å². The zero-order valence-electron chi connectivity index (χ0n) is 36.7. The Morgan fingerprint density at radius 2 is 1.03 bits per heavy atom. The van der Waals surface area contributed by atoms with E-state index >= 15 is 0 Å². The van der Waals surface area contributed by atoms with Crippen molar-refractivity contribution in [3.8, 4) is 0 Å². The molecule has 0 aromatic heterocycles. The van der Waals surface area contributed by atoms with Gasteiger partial charge < -0.3 is 64.2 Å². The van der Waals surface area contributed by atoms with Crippen LogP contribution in [-0.2, 0) is 33.2 Å². The number of aliphatic hydroxyl groups is 7. The van der Waals surface area contributed by atoms with E-state index in [4.69, 9.17) is 28.4 Å². The van der Waals surface area contributed by atoms with Crippen LogP contribution in [0.3, 0.4) is 0 Å². The molecule has 2 rings (SSSR count). The molecule has 0 aromatic carbocycles. The molecule has 2 aliphatic rings. The van der Waals surface area contributed by atoms with Crippen LogP contribution in [0.15, 0.2) is 36.5 Å². The second kappa shape index (κ2) is 34.7. The van der Waals surface area contributed by atoms with Gasteiger partial charge in [-0.2, -0.15) is 0 Å². The summed E-state index contributed by atoms with van der Waals surface area (Å²) in [7, 11) is 0. The maximum absolute atomic E-state index is 12.9. The molecule has 0 saturated carbocycles. The average Bonchev–Trinajstić information content (AvgIpc) is 3.24. The van der Waals surface area contributed by atoms with Crippen LogP contribution in [0.1, 0.15) is 149 Å².